The van der Waals surface area contributed by atoms with Gasteiger partial charge in [0.2, 0.25) is 5.82 Å². The van der Waals surface area contributed by atoms with E-state index in [2.05, 4.69) is 20.3 Å². The molecule has 2 aromatic rings. The Labute approximate surface area is 114 Å². The average Bonchev–Trinajstić information content (AvgIpc) is 2.96. The molecule has 106 valence electrons. The van der Waals surface area contributed by atoms with Crippen LogP contribution in [0.5, 0.6) is 5.88 Å². The lowest BCUT2D eigenvalue weighted by molar-refractivity contribution is -0.385. The molecule has 0 bridgehead atoms. The minimum atomic E-state index is -0.558. The topological polar surface area (TPSA) is 108 Å². The predicted molar refractivity (Wildman–Crippen MR) is 70.6 cm³/mol. The number of anilines is 1. The van der Waals surface area contributed by atoms with Gasteiger partial charge in [-0.25, -0.2) is 9.97 Å². The van der Waals surface area contributed by atoms with E-state index in [0.29, 0.717) is 6.54 Å². The molecule has 0 aliphatic heterocycles. The van der Waals surface area contributed by atoms with Crippen molar-refractivity contribution in [3.05, 3.63) is 35.2 Å². The summed E-state index contributed by atoms with van der Waals surface area (Å²) in [5, 5.41) is 13.9. The second kappa shape index (κ2) is 6.45. The van der Waals surface area contributed by atoms with Crippen molar-refractivity contribution in [1.29, 1.82) is 0 Å². The van der Waals surface area contributed by atoms with Crippen molar-refractivity contribution in [1.82, 2.24) is 19.5 Å². The van der Waals surface area contributed by atoms with Gasteiger partial charge in [-0.2, -0.15) is 4.98 Å². The van der Waals surface area contributed by atoms with Gasteiger partial charge in [-0.05, 0) is 6.42 Å². The van der Waals surface area contributed by atoms with Crippen LogP contribution in [0.25, 0.3) is 0 Å². The maximum absolute atomic E-state index is 11.0. The van der Waals surface area contributed by atoms with Gasteiger partial charge in [0.25, 0.3) is 5.88 Å². The molecule has 1 N–H and O–H groups in total. The molecule has 20 heavy (non-hydrogen) atoms. The number of methoxy groups -OCH3 is 1. The summed E-state index contributed by atoms with van der Waals surface area (Å²) in [7, 11) is 1.33. The molecule has 0 saturated heterocycles. The average molecular weight is 278 g/mol. The summed E-state index contributed by atoms with van der Waals surface area (Å²) in [5.41, 5.74) is -0.252. The van der Waals surface area contributed by atoms with Crippen LogP contribution in [0.2, 0.25) is 0 Å². The zero-order valence-electron chi connectivity index (χ0n) is 10.9. The van der Waals surface area contributed by atoms with Crippen LogP contribution in [-0.4, -0.2) is 38.1 Å². The Balaban J connectivity index is 1.96. The first-order chi connectivity index (χ1) is 9.72. The Morgan fingerprint density at radius 3 is 3.00 bits per heavy atom. The summed E-state index contributed by atoms with van der Waals surface area (Å²) in [6, 6.07) is 0. The molecular weight excluding hydrogens is 264 g/mol. The largest absolute Gasteiger partial charge is 0.476 e. The summed E-state index contributed by atoms with van der Waals surface area (Å²) < 4.78 is 6.79. The molecule has 0 saturated carbocycles. The number of ether oxygens (including phenoxy) is 1. The predicted octanol–water partition coefficient (Wildman–Crippen LogP) is 1.09. The normalized spacial score (nSPS) is 10.2. The molecule has 0 unspecified atom stereocenters. The standard InChI is InChI=1S/C11H14N6O3/c1-20-11-9(17(18)19)10(14-7-15-11)13-3-2-5-16-6-4-12-8-16/h4,6-8H,2-3,5H2,1H3,(H,13,14,15). The van der Waals surface area contributed by atoms with Gasteiger partial charge in [-0.1, -0.05) is 0 Å². The monoisotopic (exact) mass is 278 g/mol. The molecule has 2 rings (SSSR count). The Bertz CT molecular complexity index is 572. The fraction of sp³-hybridized carbons (Fsp3) is 0.364. The summed E-state index contributed by atoms with van der Waals surface area (Å²) in [5.74, 6) is 0.106. The fourth-order valence-electron chi connectivity index (χ4n) is 1.69. The third-order valence-corrected chi connectivity index (χ3v) is 2.61. The van der Waals surface area contributed by atoms with Crippen LogP contribution in [0, 0.1) is 10.1 Å². The van der Waals surface area contributed by atoms with Gasteiger partial charge < -0.3 is 14.6 Å². The van der Waals surface area contributed by atoms with E-state index in [0.717, 1.165) is 13.0 Å². The number of nitrogens with one attached hydrogen (secondary N) is 1. The highest BCUT2D eigenvalue weighted by molar-refractivity contribution is 5.60. The minimum Gasteiger partial charge on any atom is -0.476 e. The minimum absolute atomic E-state index is 0.0536. The summed E-state index contributed by atoms with van der Waals surface area (Å²) >= 11 is 0. The van der Waals surface area contributed by atoms with Crippen molar-refractivity contribution in [3.63, 3.8) is 0 Å². The summed E-state index contributed by atoms with van der Waals surface area (Å²) in [4.78, 5) is 22.0. The highest BCUT2D eigenvalue weighted by Crippen LogP contribution is 2.30. The molecule has 0 atom stereocenters. The van der Waals surface area contributed by atoms with Crippen LogP contribution in [0.3, 0.4) is 0 Å². The van der Waals surface area contributed by atoms with Crippen LogP contribution in [0.4, 0.5) is 11.5 Å². The quantitative estimate of drug-likeness (QED) is 0.458. The van der Waals surface area contributed by atoms with Gasteiger partial charge in [0.1, 0.15) is 6.33 Å². The van der Waals surface area contributed by atoms with Gasteiger partial charge >= 0.3 is 5.69 Å². The molecule has 2 heterocycles. The highest BCUT2D eigenvalue weighted by atomic mass is 16.6. The fourth-order valence-corrected chi connectivity index (χ4v) is 1.69. The maximum Gasteiger partial charge on any atom is 0.372 e. The van der Waals surface area contributed by atoms with Crippen LogP contribution in [0.1, 0.15) is 6.42 Å². The van der Waals surface area contributed by atoms with E-state index in [1.165, 1.54) is 13.4 Å². The molecule has 0 amide bonds. The van der Waals surface area contributed by atoms with Crippen LogP contribution in [-0.2, 0) is 6.54 Å². The third-order valence-electron chi connectivity index (χ3n) is 2.61. The Morgan fingerprint density at radius 2 is 2.35 bits per heavy atom. The van der Waals surface area contributed by atoms with Gasteiger partial charge in [-0.15, -0.1) is 0 Å². The van der Waals surface area contributed by atoms with Crippen LogP contribution < -0.4 is 10.1 Å². The maximum atomic E-state index is 11.0. The highest BCUT2D eigenvalue weighted by Gasteiger charge is 2.23. The van der Waals surface area contributed by atoms with E-state index in [9.17, 15) is 10.1 Å². The van der Waals surface area contributed by atoms with E-state index in [-0.39, 0.29) is 17.4 Å². The number of hydrogen-bond donors (Lipinski definition) is 1. The van der Waals surface area contributed by atoms with Crippen molar-refractivity contribution in [2.45, 2.75) is 13.0 Å². The molecule has 2 aromatic heterocycles. The van der Waals surface area contributed by atoms with Crippen LogP contribution >= 0.6 is 0 Å². The second-order valence-corrected chi connectivity index (χ2v) is 3.92. The van der Waals surface area contributed by atoms with Crippen molar-refractivity contribution < 1.29 is 9.66 Å². The zero-order chi connectivity index (χ0) is 14.4. The lowest BCUT2D eigenvalue weighted by atomic mass is 10.4. The number of aryl methyl sites for hydroxylation is 1. The first kappa shape index (κ1) is 13.7. The zero-order valence-corrected chi connectivity index (χ0v) is 10.9. The lowest BCUT2D eigenvalue weighted by Gasteiger charge is -2.07. The number of hydrogen-bond acceptors (Lipinski definition) is 7. The number of nitro groups is 1. The molecule has 0 spiro atoms. The van der Waals surface area contributed by atoms with Gasteiger partial charge in [0, 0.05) is 25.5 Å². The molecule has 0 aromatic carbocycles. The number of aromatic nitrogens is 4. The number of nitrogens with zero attached hydrogens (tertiary/aromatic N) is 5. The van der Waals surface area contributed by atoms with E-state index in [1.54, 1.807) is 12.5 Å². The Morgan fingerprint density at radius 1 is 1.50 bits per heavy atom. The van der Waals surface area contributed by atoms with E-state index in [4.69, 9.17) is 4.74 Å². The van der Waals surface area contributed by atoms with Crippen LogP contribution in [0.15, 0.2) is 25.0 Å². The molecule has 0 fully saturated rings. The number of rotatable bonds is 7. The van der Waals surface area contributed by atoms with Crippen molar-refractivity contribution >= 4 is 11.5 Å². The molecule has 9 heteroatoms. The van der Waals surface area contributed by atoms with Crippen molar-refractivity contribution in [2.24, 2.45) is 0 Å². The van der Waals surface area contributed by atoms with Gasteiger partial charge in [0.05, 0.1) is 18.4 Å². The van der Waals surface area contributed by atoms with Gasteiger partial charge in [0.15, 0.2) is 0 Å². The van der Waals surface area contributed by atoms with Crippen molar-refractivity contribution in [3.8, 4) is 5.88 Å². The number of imidazole rings is 1. The summed E-state index contributed by atoms with van der Waals surface area (Å²) in [6.45, 7) is 1.31. The third kappa shape index (κ3) is 3.19. The molecule has 0 radical (unpaired) electrons. The first-order valence-corrected chi connectivity index (χ1v) is 5.95. The molecule has 0 aliphatic carbocycles. The molecule has 9 nitrogen and oxygen atoms in total. The van der Waals surface area contributed by atoms with Crippen molar-refractivity contribution in [2.75, 3.05) is 19.0 Å². The first-order valence-electron chi connectivity index (χ1n) is 5.95. The van der Waals surface area contributed by atoms with E-state index >= 15 is 0 Å². The summed E-state index contributed by atoms with van der Waals surface area (Å²) in [6.07, 6.45) is 7.28. The Kier molecular flexibility index (Phi) is 4.43. The molecular formula is C11H14N6O3. The smallest absolute Gasteiger partial charge is 0.372 e. The second-order valence-electron chi connectivity index (χ2n) is 3.92. The van der Waals surface area contributed by atoms with Gasteiger partial charge in [-0.3, -0.25) is 10.1 Å². The van der Waals surface area contributed by atoms with E-state index < -0.39 is 4.92 Å². The lowest BCUT2D eigenvalue weighted by Crippen LogP contribution is -2.10. The van der Waals surface area contributed by atoms with E-state index in [1.807, 2.05) is 10.8 Å². The Hall–Kier alpha value is -2.71. The SMILES string of the molecule is COc1ncnc(NCCCn2ccnc2)c1[N+](=O)[O-]. The molecule has 0 aliphatic rings.